The largest absolute Gasteiger partial charge is 0.469 e. The van der Waals surface area contributed by atoms with Crippen molar-refractivity contribution in [3.05, 3.63) is 23.7 Å². The Morgan fingerprint density at radius 1 is 1.59 bits per heavy atom. The Kier molecular flexibility index (Phi) is 3.24. The van der Waals surface area contributed by atoms with E-state index in [9.17, 15) is 4.79 Å². The van der Waals surface area contributed by atoms with Gasteiger partial charge in [0.15, 0.2) is 0 Å². The molecule has 1 aliphatic carbocycles. The van der Waals surface area contributed by atoms with Gasteiger partial charge in [0.1, 0.15) is 5.76 Å². The van der Waals surface area contributed by atoms with Gasteiger partial charge in [0.25, 0.3) is 0 Å². The Bertz CT molecular complexity index is 402. The summed E-state index contributed by atoms with van der Waals surface area (Å²) in [5, 5.41) is 0. The molecule has 1 fully saturated rings. The molecule has 0 bridgehead atoms. The highest BCUT2D eigenvalue weighted by molar-refractivity contribution is 5.83. The minimum Gasteiger partial charge on any atom is -0.469 e. The number of nitrogens with two attached hydrogens (primary N) is 1. The second-order valence-corrected chi connectivity index (χ2v) is 5.00. The Balaban J connectivity index is 2.03. The number of amides is 1. The Morgan fingerprint density at radius 3 is 2.71 bits per heavy atom. The summed E-state index contributed by atoms with van der Waals surface area (Å²) in [6.45, 7) is 2.97. The molecule has 2 N–H and O–H groups in total. The predicted molar refractivity (Wildman–Crippen MR) is 65.3 cm³/mol. The van der Waals surface area contributed by atoms with Gasteiger partial charge >= 0.3 is 0 Å². The van der Waals surface area contributed by atoms with Crippen molar-refractivity contribution in [3.63, 3.8) is 0 Å². The van der Waals surface area contributed by atoms with Gasteiger partial charge in [-0.15, -0.1) is 0 Å². The first kappa shape index (κ1) is 12.2. The molecule has 1 aliphatic rings. The summed E-state index contributed by atoms with van der Waals surface area (Å²) in [5.41, 5.74) is 6.52. The molecule has 0 spiro atoms. The number of hydrogen-bond donors (Lipinski definition) is 1. The standard InChI is InChI=1S/C13H20N2O2/c1-10-11(4-7-17-10)8-15(2)12(16)13(9-14)5-3-6-13/h4,7H,3,5-6,8-9,14H2,1-2H3. The van der Waals surface area contributed by atoms with Crippen LogP contribution < -0.4 is 5.73 Å². The third kappa shape index (κ3) is 2.09. The smallest absolute Gasteiger partial charge is 0.230 e. The fourth-order valence-electron chi connectivity index (χ4n) is 2.42. The molecule has 0 atom stereocenters. The van der Waals surface area contributed by atoms with Crippen molar-refractivity contribution >= 4 is 5.91 Å². The lowest BCUT2D eigenvalue weighted by Crippen LogP contribution is -2.50. The highest BCUT2D eigenvalue weighted by atomic mass is 16.3. The zero-order valence-electron chi connectivity index (χ0n) is 10.5. The highest BCUT2D eigenvalue weighted by Crippen LogP contribution is 2.41. The molecule has 17 heavy (non-hydrogen) atoms. The van der Waals surface area contributed by atoms with Gasteiger partial charge in [0.05, 0.1) is 11.7 Å². The summed E-state index contributed by atoms with van der Waals surface area (Å²) in [6, 6.07) is 1.91. The van der Waals surface area contributed by atoms with Crippen LogP contribution in [0, 0.1) is 12.3 Å². The monoisotopic (exact) mass is 236 g/mol. The maximum Gasteiger partial charge on any atom is 0.230 e. The summed E-state index contributed by atoms with van der Waals surface area (Å²) in [7, 11) is 1.84. The molecule has 1 amide bonds. The number of carbonyl (C=O) groups excluding carboxylic acids is 1. The van der Waals surface area contributed by atoms with Crippen LogP contribution in [0.4, 0.5) is 0 Å². The molecule has 4 heteroatoms. The Labute approximate surface area is 102 Å². The van der Waals surface area contributed by atoms with E-state index in [0.29, 0.717) is 13.1 Å². The van der Waals surface area contributed by atoms with Gasteiger partial charge in [-0.1, -0.05) is 6.42 Å². The van der Waals surface area contributed by atoms with Crippen LogP contribution in [-0.2, 0) is 11.3 Å². The Morgan fingerprint density at radius 2 is 2.29 bits per heavy atom. The molecule has 1 saturated carbocycles. The zero-order chi connectivity index (χ0) is 12.5. The normalized spacial score (nSPS) is 17.6. The highest BCUT2D eigenvalue weighted by Gasteiger charge is 2.44. The van der Waals surface area contributed by atoms with E-state index >= 15 is 0 Å². The van der Waals surface area contributed by atoms with Crippen molar-refractivity contribution in [1.82, 2.24) is 4.90 Å². The quantitative estimate of drug-likeness (QED) is 0.865. The molecular weight excluding hydrogens is 216 g/mol. The minimum absolute atomic E-state index is 0.173. The number of rotatable bonds is 4. The molecule has 1 aromatic heterocycles. The van der Waals surface area contributed by atoms with Crippen LogP contribution in [-0.4, -0.2) is 24.4 Å². The van der Waals surface area contributed by atoms with Crippen molar-refractivity contribution in [2.75, 3.05) is 13.6 Å². The van der Waals surface area contributed by atoms with Gasteiger partial charge in [0, 0.05) is 25.7 Å². The minimum atomic E-state index is -0.285. The molecule has 2 rings (SSSR count). The number of hydrogen-bond acceptors (Lipinski definition) is 3. The second-order valence-electron chi connectivity index (χ2n) is 5.00. The van der Waals surface area contributed by atoms with Crippen molar-refractivity contribution in [2.24, 2.45) is 11.1 Å². The van der Waals surface area contributed by atoms with Crippen molar-refractivity contribution in [2.45, 2.75) is 32.7 Å². The number of nitrogens with zero attached hydrogens (tertiary/aromatic N) is 1. The fourth-order valence-corrected chi connectivity index (χ4v) is 2.42. The molecule has 0 unspecified atom stereocenters. The van der Waals surface area contributed by atoms with Gasteiger partial charge in [-0.3, -0.25) is 4.79 Å². The zero-order valence-corrected chi connectivity index (χ0v) is 10.5. The Hall–Kier alpha value is -1.29. The lowest BCUT2D eigenvalue weighted by atomic mass is 9.68. The first-order valence-electron chi connectivity index (χ1n) is 6.08. The van der Waals surface area contributed by atoms with E-state index in [4.69, 9.17) is 10.2 Å². The molecule has 0 saturated heterocycles. The van der Waals surface area contributed by atoms with Gasteiger partial charge in [-0.25, -0.2) is 0 Å². The van der Waals surface area contributed by atoms with E-state index in [2.05, 4.69) is 0 Å². The first-order valence-corrected chi connectivity index (χ1v) is 6.08. The number of aryl methyl sites for hydroxylation is 1. The van der Waals surface area contributed by atoms with Crippen LogP contribution in [0.3, 0.4) is 0 Å². The summed E-state index contributed by atoms with van der Waals surface area (Å²) < 4.78 is 5.23. The molecule has 0 aromatic carbocycles. The van der Waals surface area contributed by atoms with Crippen LogP contribution in [0.15, 0.2) is 16.7 Å². The average molecular weight is 236 g/mol. The summed E-state index contributed by atoms with van der Waals surface area (Å²) in [4.78, 5) is 14.1. The predicted octanol–water partition coefficient (Wildman–Crippen LogP) is 1.68. The van der Waals surface area contributed by atoms with E-state index in [1.54, 1.807) is 11.2 Å². The molecule has 0 radical (unpaired) electrons. The van der Waals surface area contributed by atoms with Crippen LogP contribution >= 0.6 is 0 Å². The number of furan rings is 1. The van der Waals surface area contributed by atoms with Crippen molar-refractivity contribution in [1.29, 1.82) is 0 Å². The van der Waals surface area contributed by atoms with Crippen molar-refractivity contribution in [3.8, 4) is 0 Å². The van der Waals surface area contributed by atoms with Gasteiger partial charge in [-0.2, -0.15) is 0 Å². The van der Waals surface area contributed by atoms with E-state index in [0.717, 1.165) is 30.6 Å². The van der Waals surface area contributed by atoms with E-state index in [1.807, 2.05) is 20.0 Å². The third-order valence-corrected chi connectivity index (χ3v) is 3.88. The topological polar surface area (TPSA) is 59.5 Å². The van der Waals surface area contributed by atoms with E-state index in [-0.39, 0.29) is 11.3 Å². The van der Waals surface area contributed by atoms with E-state index in [1.165, 1.54) is 0 Å². The first-order chi connectivity index (χ1) is 8.09. The van der Waals surface area contributed by atoms with Crippen LogP contribution in [0.5, 0.6) is 0 Å². The number of carbonyl (C=O) groups is 1. The molecule has 4 nitrogen and oxygen atoms in total. The van der Waals surface area contributed by atoms with E-state index < -0.39 is 0 Å². The second kappa shape index (κ2) is 4.53. The summed E-state index contributed by atoms with van der Waals surface area (Å²) >= 11 is 0. The SMILES string of the molecule is Cc1occc1CN(C)C(=O)C1(CN)CCC1. The summed E-state index contributed by atoms with van der Waals surface area (Å²) in [6.07, 6.45) is 4.63. The van der Waals surface area contributed by atoms with Gasteiger partial charge in [-0.05, 0) is 25.8 Å². The fraction of sp³-hybridized carbons (Fsp3) is 0.615. The molecule has 1 aromatic rings. The average Bonchev–Trinajstić information content (AvgIpc) is 2.63. The molecule has 94 valence electrons. The molecular formula is C13H20N2O2. The molecule has 0 aliphatic heterocycles. The lowest BCUT2D eigenvalue weighted by Gasteiger charge is -2.41. The van der Waals surface area contributed by atoms with Crippen molar-refractivity contribution < 1.29 is 9.21 Å². The maximum absolute atomic E-state index is 12.3. The maximum atomic E-state index is 12.3. The van der Waals surface area contributed by atoms with Crippen LogP contribution in [0.25, 0.3) is 0 Å². The van der Waals surface area contributed by atoms with Crippen LogP contribution in [0.2, 0.25) is 0 Å². The van der Waals surface area contributed by atoms with Gasteiger partial charge in [0.2, 0.25) is 5.91 Å². The van der Waals surface area contributed by atoms with Gasteiger partial charge < -0.3 is 15.1 Å². The lowest BCUT2D eigenvalue weighted by molar-refractivity contribution is -0.145. The molecule has 1 heterocycles. The van der Waals surface area contributed by atoms with Crippen LogP contribution in [0.1, 0.15) is 30.6 Å². The summed E-state index contributed by atoms with van der Waals surface area (Å²) in [5.74, 6) is 1.05. The third-order valence-electron chi connectivity index (χ3n) is 3.88.